The number of carbonyl (C=O) groups excluding carboxylic acids is 1. The van der Waals surface area contributed by atoms with Crippen LogP contribution in [0.15, 0.2) is 66.7 Å². The summed E-state index contributed by atoms with van der Waals surface area (Å²) in [4.78, 5) is 10.3. The Balaban J connectivity index is 1.55. The summed E-state index contributed by atoms with van der Waals surface area (Å²) in [5, 5.41) is 0. The number of allylic oxidation sites excluding steroid dienone is 1. The lowest BCUT2D eigenvalue weighted by Crippen LogP contribution is -1.88. The highest BCUT2D eigenvalue weighted by Gasteiger charge is 2.03. The minimum atomic E-state index is 0.746. The van der Waals surface area contributed by atoms with Gasteiger partial charge in [-0.15, -0.1) is 0 Å². The molecule has 2 aromatic rings. The van der Waals surface area contributed by atoms with E-state index in [0.29, 0.717) is 0 Å². The molecule has 0 aliphatic carbocycles. The molecule has 0 atom stereocenters. The van der Waals surface area contributed by atoms with Gasteiger partial charge in [0.1, 0.15) is 6.29 Å². The average Bonchev–Trinajstić information content (AvgIpc) is 2.80. The van der Waals surface area contributed by atoms with Crippen LogP contribution in [0.1, 0.15) is 101 Å². The molecule has 1 heteroatoms. The molecule has 2 rings (SSSR count). The molecule has 0 aromatic heterocycles. The van der Waals surface area contributed by atoms with Gasteiger partial charge in [-0.3, -0.25) is 0 Å². The molecule has 162 valence electrons. The number of rotatable bonds is 17. The van der Waals surface area contributed by atoms with Crippen LogP contribution in [0.25, 0.3) is 5.57 Å². The Kier molecular flexibility index (Phi) is 13.4. The van der Waals surface area contributed by atoms with E-state index in [0.717, 1.165) is 25.5 Å². The quantitative estimate of drug-likeness (QED) is 0.190. The predicted molar refractivity (Wildman–Crippen MR) is 131 cm³/mol. The minimum Gasteiger partial charge on any atom is -0.303 e. The molecule has 1 nitrogen and oxygen atoms in total. The Morgan fingerprint density at radius 3 is 1.27 bits per heavy atom. The molecule has 0 saturated carbocycles. The van der Waals surface area contributed by atoms with Crippen molar-refractivity contribution in [1.82, 2.24) is 0 Å². The fraction of sp³-hybridized carbons (Fsp3) is 0.483. The molecule has 0 saturated heterocycles. The molecule has 30 heavy (non-hydrogen) atoms. The summed E-state index contributed by atoms with van der Waals surface area (Å²) in [6, 6.07) is 21.5. The van der Waals surface area contributed by atoms with Gasteiger partial charge < -0.3 is 4.79 Å². The van der Waals surface area contributed by atoms with Crippen LogP contribution >= 0.6 is 0 Å². The van der Waals surface area contributed by atoms with Crippen LogP contribution in [-0.2, 0) is 4.79 Å². The maximum Gasteiger partial charge on any atom is 0.119 e. The molecule has 0 N–H and O–H groups in total. The van der Waals surface area contributed by atoms with E-state index >= 15 is 0 Å². The van der Waals surface area contributed by atoms with Gasteiger partial charge in [0.25, 0.3) is 0 Å². The molecule has 2 aromatic carbocycles. The summed E-state index contributed by atoms with van der Waals surface area (Å²) in [6.45, 7) is 0. The van der Waals surface area contributed by atoms with Crippen molar-refractivity contribution in [2.24, 2.45) is 0 Å². The third kappa shape index (κ3) is 10.6. The summed E-state index contributed by atoms with van der Waals surface area (Å²) >= 11 is 0. The number of carbonyl (C=O) groups is 1. The van der Waals surface area contributed by atoms with Crippen LogP contribution in [0, 0.1) is 0 Å². The number of hydrogen-bond donors (Lipinski definition) is 0. The molecule has 0 bridgehead atoms. The second-order valence-corrected chi connectivity index (χ2v) is 8.34. The van der Waals surface area contributed by atoms with Gasteiger partial charge in [0.15, 0.2) is 0 Å². The van der Waals surface area contributed by atoms with Crippen molar-refractivity contribution >= 4 is 11.9 Å². The van der Waals surface area contributed by atoms with Crippen molar-refractivity contribution in [3.05, 3.63) is 77.9 Å². The van der Waals surface area contributed by atoms with E-state index < -0.39 is 0 Å². The van der Waals surface area contributed by atoms with Gasteiger partial charge >= 0.3 is 0 Å². The van der Waals surface area contributed by atoms with Gasteiger partial charge in [-0.05, 0) is 36.0 Å². The van der Waals surface area contributed by atoms with E-state index in [1.54, 1.807) is 0 Å². The number of unbranched alkanes of at least 4 members (excludes halogenated alkanes) is 13. The molecule has 0 unspecified atom stereocenters. The van der Waals surface area contributed by atoms with E-state index in [4.69, 9.17) is 0 Å². The molecule has 0 fully saturated rings. The first-order valence-corrected chi connectivity index (χ1v) is 12.2. The molecular formula is C29H40O. The maximum atomic E-state index is 10.3. The molecule has 0 radical (unpaired) electrons. The van der Waals surface area contributed by atoms with Gasteiger partial charge in [-0.25, -0.2) is 0 Å². The SMILES string of the molecule is O=CCCCCCCCCCCCCCCC=C(c1ccccc1)c1ccccc1. The third-order valence-electron chi connectivity index (χ3n) is 5.79. The largest absolute Gasteiger partial charge is 0.303 e. The Morgan fingerprint density at radius 2 is 0.867 bits per heavy atom. The Morgan fingerprint density at radius 1 is 0.500 bits per heavy atom. The van der Waals surface area contributed by atoms with E-state index in [-0.39, 0.29) is 0 Å². The zero-order valence-corrected chi connectivity index (χ0v) is 18.7. The maximum absolute atomic E-state index is 10.3. The van der Waals surface area contributed by atoms with Crippen molar-refractivity contribution < 1.29 is 4.79 Å². The van der Waals surface area contributed by atoms with Gasteiger partial charge in [0.2, 0.25) is 0 Å². The van der Waals surface area contributed by atoms with Crippen LogP contribution in [-0.4, -0.2) is 6.29 Å². The molecular weight excluding hydrogens is 364 g/mol. The molecule has 0 aliphatic rings. The summed E-state index contributed by atoms with van der Waals surface area (Å²) in [6.07, 6.45) is 21.2. The van der Waals surface area contributed by atoms with Gasteiger partial charge in [-0.1, -0.05) is 131 Å². The van der Waals surface area contributed by atoms with Crippen molar-refractivity contribution in [2.45, 2.75) is 89.9 Å². The molecule has 0 amide bonds. The molecule has 0 heterocycles. The van der Waals surface area contributed by atoms with E-state index in [2.05, 4.69) is 66.7 Å². The number of hydrogen-bond acceptors (Lipinski definition) is 1. The van der Waals surface area contributed by atoms with Crippen molar-refractivity contribution in [3.8, 4) is 0 Å². The fourth-order valence-corrected chi connectivity index (χ4v) is 4.02. The highest BCUT2D eigenvalue weighted by Crippen LogP contribution is 2.24. The van der Waals surface area contributed by atoms with Crippen LogP contribution in [0.3, 0.4) is 0 Å². The lowest BCUT2D eigenvalue weighted by atomic mass is 9.96. The highest BCUT2D eigenvalue weighted by molar-refractivity contribution is 5.79. The lowest BCUT2D eigenvalue weighted by molar-refractivity contribution is -0.107. The van der Waals surface area contributed by atoms with E-state index in [9.17, 15) is 4.79 Å². The van der Waals surface area contributed by atoms with E-state index in [1.165, 1.54) is 87.3 Å². The van der Waals surface area contributed by atoms with Gasteiger partial charge in [0.05, 0.1) is 0 Å². The second kappa shape index (κ2) is 16.6. The first-order valence-electron chi connectivity index (χ1n) is 12.2. The summed E-state index contributed by atoms with van der Waals surface area (Å²) < 4.78 is 0. The van der Waals surface area contributed by atoms with Crippen LogP contribution < -0.4 is 0 Å². The molecule has 0 spiro atoms. The van der Waals surface area contributed by atoms with Crippen LogP contribution in [0.4, 0.5) is 0 Å². The first-order chi connectivity index (χ1) is 14.9. The summed E-state index contributed by atoms with van der Waals surface area (Å²) in [5.74, 6) is 0. The second-order valence-electron chi connectivity index (χ2n) is 8.34. The Bertz CT molecular complexity index is 645. The number of benzene rings is 2. The lowest BCUT2D eigenvalue weighted by Gasteiger charge is -2.09. The highest BCUT2D eigenvalue weighted by atomic mass is 16.1. The van der Waals surface area contributed by atoms with Gasteiger partial charge in [-0.2, -0.15) is 0 Å². The van der Waals surface area contributed by atoms with Crippen LogP contribution in [0.5, 0.6) is 0 Å². The van der Waals surface area contributed by atoms with E-state index in [1.807, 2.05) is 0 Å². The first kappa shape index (κ1) is 24.1. The smallest absolute Gasteiger partial charge is 0.119 e. The summed E-state index contributed by atoms with van der Waals surface area (Å²) in [7, 11) is 0. The van der Waals surface area contributed by atoms with Crippen molar-refractivity contribution in [1.29, 1.82) is 0 Å². The normalized spacial score (nSPS) is 10.7. The average molecular weight is 405 g/mol. The minimum absolute atomic E-state index is 0.746. The molecule has 0 aliphatic heterocycles. The zero-order valence-electron chi connectivity index (χ0n) is 18.7. The van der Waals surface area contributed by atoms with Crippen molar-refractivity contribution in [3.63, 3.8) is 0 Å². The van der Waals surface area contributed by atoms with Gasteiger partial charge in [0, 0.05) is 6.42 Å². The predicted octanol–water partition coefficient (Wildman–Crippen LogP) is 8.78. The third-order valence-corrected chi connectivity index (χ3v) is 5.79. The fourth-order valence-electron chi connectivity index (χ4n) is 4.02. The monoisotopic (exact) mass is 404 g/mol. The van der Waals surface area contributed by atoms with Crippen LogP contribution in [0.2, 0.25) is 0 Å². The Hall–Kier alpha value is -2.15. The summed E-state index contributed by atoms with van der Waals surface area (Å²) in [5.41, 5.74) is 3.99. The van der Waals surface area contributed by atoms with Crippen molar-refractivity contribution in [2.75, 3.05) is 0 Å². The Labute approximate surface area is 184 Å². The standard InChI is InChI=1S/C29H40O/c30-26-20-12-10-8-6-4-2-1-3-5-7-9-11-19-25-29(27-21-15-13-16-22-27)28-23-17-14-18-24-28/h13-18,21-26H,1-12,19-20H2. The topological polar surface area (TPSA) is 17.1 Å². The zero-order chi connectivity index (χ0) is 21.1. The number of aldehydes is 1.